The molecule has 194 valence electrons. The van der Waals surface area contributed by atoms with Gasteiger partial charge >= 0.3 is 5.76 Å². The van der Waals surface area contributed by atoms with Gasteiger partial charge in [0.15, 0.2) is 5.43 Å². The second-order valence-electron chi connectivity index (χ2n) is 9.24. The first-order valence-electron chi connectivity index (χ1n) is 12.0. The van der Waals surface area contributed by atoms with Gasteiger partial charge < -0.3 is 14.5 Å². The molecule has 1 aromatic carbocycles. The molecule has 0 bridgehead atoms. The van der Waals surface area contributed by atoms with Crippen LogP contribution in [0.3, 0.4) is 0 Å². The van der Waals surface area contributed by atoms with Crippen LogP contribution in [-0.2, 0) is 17.9 Å². The van der Waals surface area contributed by atoms with Gasteiger partial charge in [0.1, 0.15) is 22.2 Å². The Balaban J connectivity index is 1.48. The van der Waals surface area contributed by atoms with Crippen molar-refractivity contribution < 1.29 is 13.7 Å². The van der Waals surface area contributed by atoms with Gasteiger partial charge in [0.2, 0.25) is 5.82 Å². The molecule has 38 heavy (non-hydrogen) atoms. The minimum absolute atomic E-state index is 0.107. The Morgan fingerprint density at radius 2 is 2.05 bits per heavy atom. The number of hydrogen-bond acceptors (Lipinski definition) is 9. The third-order valence-corrected chi connectivity index (χ3v) is 6.85. The zero-order valence-electron chi connectivity index (χ0n) is 20.8. The first-order chi connectivity index (χ1) is 18.3. The SMILES string of the molecule is Cc1cc([C@@H](C)Nc2ccc(Cl)nc2-c2noc(=O)[nH]2)c2oc(-c3cnn4c3COCC4)c(C)c(=O)c2c1. The number of fused-ring (bicyclic) bond motifs is 2. The molecular weight excluding hydrogens is 512 g/mol. The number of ether oxygens (including phenoxy) is 1. The zero-order chi connectivity index (χ0) is 26.6. The van der Waals surface area contributed by atoms with Crippen LogP contribution in [0.15, 0.2) is 49.0 Å². The number of pyridine rings is 1. The molecule has 1 aliphatic rings. The highest BCUT2D eigenvalue weighted by atomic mass is 35.5. The molecular formula is C26H23ClN6O5. The van der Waals surface area contributed by atoms with E-state index in [1.54, 1.807) is 25.3 Å². The summed E-state index contributed by atoms with van der Waals surface area (Å²) in [7, 11) is 0. The van der Waals surface area contributed by atoms with Crippen molar-refractivity contribution in [2.75, 3.05) is 11.9 Å². The fourth-order valence-electron chi connectivity index (χ4n) is 4.79. The van der Waals surface area contributed by atoms with Gasteiger partial charge in [-0.05, 0) is 44.5 Å². The summed E-state index contributed by atoms with van der Waals surface area (Å²) in [5.41, 5.74) is 5.04. The second-order valence-corrected chi connectivity index (χ2v) is 9.62. The Morgan fingerprint density at radius 1 is 1.21 bits per heavy atom. The topological polar surface area (TPSA) is 141 Å². The maximum Gasteiger partial charge on any atom is 0.439 e. The van der Waals surface area contributed by atoms with Gasteiger partial charge in [0.25, 0.3) is 0 Å². The molecule has 0 radical (unpaired) electrons. The monoisotopic (exact) mass is 534 g/mol. The minimum Gasteiger partial charge on any atom is -0.455 e. The van der Waals surface area contributed by atoms with Crippen LogP contribution in [0.2, 0.25) is 5.15 Å². The Hall–Kier alpha value is -4.22. The number of nitrogens with zero attached hydrogens (tertiary/aromatic N) is 4. The predicted molar refractivity (Wildman–Crippen MR) is 140 cm³/mol. The number of halogens is 1. The molecule has 1 aliphatic heterocycles. The number of aryl methyl sites for hydroxylation is 1. The van der Waals surface area contributed by atoms with Crippen LogP contribution in [0.5, 0.6) is 0 Å². The van der Waals surface area contributed by atoms with Gasteiger partial charge in [-0.15, -0.1) is 0 Å². The number of benzene rings is 1. The predicted octanol–water partition coefficient (Wildman–Crippen LogP) is 4.37. The van der Waals surface area contributed by atoms with E-state index in [1.165, 1.54) is 0 Å². The number of nitrogens with one attached hydrogen (secondary N) is 2. The van der Waals surface area contributed by atoms with Crippen molar-refractivity contribution in [1.29, 1.82) is 0 Å². The maximum atomic E-state index is 13.6. The molecule has 0 fully saturated rings. The van der Waals surface area contributed by atoms with Gasteiger partial charge in [-0.1, -0.05) is 22.8 Å². The first kappa shape index (κ1) is 24.1. The summed E-state index contributed by atoms with van der Waals surface area (Å²) in [6.45, 7) is 7.26. The summed E-state index contributed by atoms with van der Waals surface area (Å²) in [6, 6.07) is 6.82. The summed E-state index contributed by atoms with van der Waals surface area (Å²) in [6.07, 6.45) is 1.72. The van der Waals surface area contributed by atoms with Gasteiger partial charge in [0.05, 0.1) is 54.3 Å². The van der Waals surface area contributed by atoms with Crippen molar-refractivity contribution in [3.05, 3.63) is 78.8 Å². The van der Waals surface area contributed by atoms with E-state index in [4.69, 9.17) is 20.8 Å². The van der Waals surface area contributed by atoms with Gasteiger partial charge in [-0.25, -0.2) is 9.78 Å². The quantitative estimate of drug-likeness (QED) is 0.314. The molecule has 0 amide bonds. The average molecular weight is 535 g/mol. The number of hydrogen-bond donors (Lipinski definition) is 2. The molecule has 6 rings (SSSR count). The fraction of sp³-hybridized carbons (Fsp3) is 0.269. The lowest BCUT2D eigenvalue weighted by molar-refractivity contribution is 0.0803. The first-order valence-corrected chi connectivity index (χ1v) is 12.4. The van der Waals surface area contributed by atoms with Crippen LogP contribution in [0.25, 0.3) is 33.8 Å². The van der Waals surface area contributed by atoms with Crippen molar-refractivity contribution in [1.82, 2.24) is 24.9 Å². The molecule has 4 aromatic heterocycles. The molecule has 0 saturated carbocycles. The zero-order valence-corrected chi connectivity index (χ0v) is 21.5. The fourth-order valence-corrected chi connectivity index (χ4v) is 4.93. The Bertz CT molecular complexity index is 1820. The van der Waals surface area contributed by atoms with Crippen LogP contribution in [-0.4, -0.2) is 31.5 Å². The van der Waals surface area contributed by atoms with E-state index in [1.807, 2.05) is 30.7 Å². The molecule has 0 spiro atoms. The summed E-state index contributed by atoms with van der Waals surface area (Å²) >= 11 is 6.12. The highest BCUT2D eigenvalue weighted by Gasteiger charge is 2.24. The number of aromatic nitrogens is 5. The van der Waals surface area contributed by atoms with E-state index in [2.05, 4.69) is 30.1 Å². The highest BCUT2D eigenvalue weighted by Crippen LogP contribution is 2.35. The number of H-pyrrole nitrogens is 1. The minimum atomic E-state index is -0.706. The average Bonchev–Trinajstić information content (AvgIpc) is 3.53. The van der Waals surface area contributed by atoms with E-state index < -0.39 is 5.76 Å². The summed E-state index contributed by atoms with van der Waals surface area (Å²) in [5.74, 6) is -0.0950. The summed E-state index contributed by atoms with van der Waals surface area (Å²) in [5, 5.41) is 12.3. The summed E-state index contributed by atoms with van der Waals surface area (Å²) < 4.78 is 18.7. The third-order valence-electron chi connectivity index (χ3n) is 6.64. The lowest BCUT2D eigenvalue weighted by Gasteiger charge is -2.20. The van der Waals surface area contributed by atoms with Crippen molar-refractivity contribution in [3.8, 4) is 22.8 Å². The van der Waals surface area contributed by atoms with Gasteiger partial charge in [-0.2, -0.15) is 5.10 Å². The molecule has 5 aromatic rings. The van der Waals surface area contributed by atoms with E-state index >= 15 is 0 Å². The highest BCUT2D eigenvalue weighted by molar-refractivity contribution is 6.29. The van der Waals surface area contributed by atoms with Crippen molar-refractivity contribution in [2.45, 2.75) is 40.0 Å². The second kappa shape index (κ2) is 9.26. The largest absolute Gasteiger partial charge is 0.455 e. The lowest BCUT2D eigenvalue weighted by Crippen LogP contribution is -2.18. The molecule has 0 unspecified atom stereocenters. The normalized spacial score (nSPS) is 14.0. The molecule has 0 aliphatic carbocycles. The molecule has 5 heterocycles. The standard InChI is InChI=1S/C26H23ClN6O5/c1-12-8-15(14(3)29-18-4-5-20(27)30-21(18)25-31-26(35)38-32-25)24-16(9-12)22(34)13(2)23(37-24)17-10-28-33-6-7-36-11-19(17)33/h4-5,8-10,14,29H,6-7,11H2,1-3H3,(H,31,32,35)/t14-/m1/s1. The maximum absolute atomic E-state index is 13.6. The van der Waals surface area contributed by atoms with Crippen LogP contribution in [0, 0.1) is 13.8 Å². The van der Waals surface area contributed by atoms with E-state index in [-0.39, 0.29) is 22.4 Å². The van der Waals surface area contributed by atoms with Crippen molar-refractivity contribution in [3.63, 3.8) is 0 Å². The molecule has 0 saturated heterocycles. The molecule has 11 nitrogen and oxygen atoms in total. The van der Waals surface area contributed by atoms with Crippen LogP contribution in [0.1, 0.15) is 35.3 Å². The van der Waals surface area contributed by atoms with Crippen molar-refractivity contribution in [2.24, 2.45) is 0 Å². The van der Waals surface area contributed by atoms with E-state index in [0.717, 1.165) is 22.4 Å². The van der Waals surface area contributed by atoms with Crippen LogP contribution in [0.4, 0.5) is 5.69 Å². The summed E-state index contributed by atoms with van der Waals surface area (Å²) in [4.78, 5) is 31.9. The lowest BCUT2D eigenvalue weighted by atomic mass is 9.98. The molecule has 2 N–H and O–H groups in total. The molecule has 1 atom stereocenters. The number of rotatable bonds is 5. The Kier molecular flexibility index (Phi) is 5.88. The van der Waals surface area contributed by atoms with Gasteiger partial charge in [-0.3, -0.25) is 19.0 Å². The number of anilines is 1. The molecule has 12 heteroatoms. The Morgan fingerprint density at radius 3 is 2.84 bits per heavy atom. The smallest absolute Gasteiger partial charge is 0.439 e. The van der Waals surface area contributed by atoms with Crippen LogP contribution >= 0.6 is 11.6 Å². The van der Waals surface area contributed by atoms with E-state index in [0.29, 0.717) is 53.4 Å². The van der Waals surface area contributed by atoms with E-state index in [9.17, 15) is 9.59 Å². The Labute approximate surface area is 220 Å². The van der Waals surface area contributed by atoms with Gasteiger partial charge in [0, 0.05) is 11.1 Å². The number of aromatic amines is 1. The van der Waals surface area contributed by atoms with Crippen LogP contribution < -0.4 is 16.5 Å². The third kappa shape index (κ3) is 4.09. The van der Waals surface area contributed by atoms with Crippen molar-refractivity contribution >= 4 is 28.3 Å².